The highest BCUT2D eigenvalue weighted by atomic mass is 127. The molecule has 9 heteroatoms. The van der Waals surface area contributed by atoms with Crippen molar-refractivity contribution in [1.82, 2.24) is 10.2 Å². The molecule has 29 heavy (non-hydrogen) atoms. The zero-order valence-corrected chi connectivity index (χ0v) is 18.4. The van der Waals surface area contributed by atoms with Gasteiger partial charge in [0.15, 0.2) is 5.96 Å². The standard InChI is InChI=1S/C20H23N5O3.HI/c1-28-17-4-2-3-16(11-17)24-20(21)23-12-14-5-7-15(8-6-14)19(27)25-10-9-22-18(26)13-25;/h2-8,11H,9-10,12-13H2,1H3,(H,22,26)(H3,21,23,24);1H. The minimum Gasteiger partial charge on any atom is -0.497 e. The Kier molecular flexibility index (Phi) is 8.25. The SMILES string of the molecule is COc1cccc(NC(N)=NCc2ccc(C(=O)N3CCNC(=O)C3)cc2)c1.I. The van der Waals surface area contributed by atoms with E-state index in [0.29, 0.717) is 25.2 Å². The maximum Gasteiger partial charge on any atom is 0.254 e. The number of halogens is 1. The van der Waals surface area contributed by atoms with Crippen molar-refractivity contribution in [3.63, 3.8) is 0 Å². The highest BCUT2D eigenvalue weighted by molar-refractivity contribution is 14.0. The van der Waals surface area contributed by atoms with E-state index in [2.05, 4.69) is 15.6 Å². The van der Waals surface area contributed by atoms with Crippen LogP contribution in [0.4, 0.5) is 5.69 Å². The number of anilines is 1. The quantitative estimate of drug-likeness (QED) is 0.324. The van der Waals surface area contributed by atoms with Gasteiger partial charge in [-0.25, -0.2) is 4.99 Å². The number of nitrogens with one attached hydrogen (secondary N) is 2. The maximum absolute atomic E-state index is 12.5. The number of carbonyl (C=O) groups is 2. The number of aliphatic imine (C=N–C) groups is 1. The lowest BCUT2D eigenvalue weighted by molar-refractivity contribution is -0.123. The molecule has 1 fully saturated rings. The van der Waals surface area contributed by atoms with E-state index >= 15 is 0 Å². The number of benzene rings is 2. The van der Waals surface area contributed by atoms with Crippen LogP contribution in [0.5, 0.6) is 5.75 Å². The van der Waals surface area contributed by atoms with Crippen molar-refractivity contribution >= 4 is 47.4 Å². The summed E-state index contributed by atoms with van der Waals surface area (Å²) in [6.07, 6.45) is 0. The van der Waals surface area contributed by atoms with Crippen molar-refractivity contribution in [3.05, 3.63) is 59.7 Å². The van der Waals surface area contributed by atoms with Crippen molar-refractivity contribution < 1.29 is 14.3 Å². The molecule has 8 nitrogen and oxygen atoms in total. The molecule has 1 aliphatic heterocycles. The van der Waals surface area contributed by atoms with Crippen molar-refractivity contribution in [2.75, 3.05) is 32.1 Å². The lowest BCUT2D eigenvalue weighted by Gasteiger charge is -2.26. The molecule has 0 spiro atoms. The molecular weight excluding hydrogens is 485 g/mol. The van der Waals surface area contributed by atoms with Gasteiger partial charge in [-0.15, -0.1) is 24.0 Å². The van der Waals surface area contributed by atoms with Gasteiger partial charge < -0.3 is 26.0 Å². The molecule has 0 aromatic heterocycles. The zero-order chi connectivity index (χ0) is 19.9. The largest absolute Gasteiger partial charge is 0.497 e. The predicted molar refractivity (Wildman–Crippen MR) is 123 cm³/mol. The number of nitrogens with two attached hydrogens (primary N) is 1. The van der Waals surface area contributed by atoms with Crippen LogP contribution in [0, 0.1) is 0 Å². The third-order valence-corrected chi connectivity index (χ3v) is 4.30. The summed E-state index contributed by atoms with van der Waals surface area (Å²) in [6, 6.07) is 14.5. The summed E-state index contributed by atoms with van der Waals surface area (Å²) in [4.78, 5) is 29.7. The molecule has 2 aromatic rings. The molecule has 1 aliphatic rings. The number of guanidine groups is 1. The fraction of sp³-hybridized carbons (Fsp3) is 0.250. The number of nitrogens with zero attached hydrogens (tertiary/aromatic N) is 2. The summed E-state index contributed by atoms with van der Waals surface area (Å²) in [6.45, 7) is 1.47. The van der Waals surface area contributed by atoms with Gasteiger partial charge in [0.1, 0.15) is 5.75 Å². The third-order valence-electron chi connectivity index (χ3n) is 4.30. The molecule has 0 atom stereocenters. The molecule has 0 saturated carbocycles. The maximum atomic E-state index is 12.5. The molecule has 0 radical (unpaired) electrons. The first kappa shape index (κ1) is 22.5. The Morgan fingerprint density at radius 1 is 1.28 bits per heavy atom. The fourth-order valence-corrected chi connectivity index (χ4v) is 2.81. The summed E-state index contributed by atoms with van der Waals surface area (Å²) >= 11 is 0. The highest BCUT2D eigenvalue weighted by Gasteiger charge is 2.21. The Morgan fingerprint density at radius 2 is 2.03 bits per heavy atom. The monoisotopic (exact) mass is 509 g/mol. The van der Waals surface area contributed by atoms with Crippen LogP contribution in [0.25, 0.3) is 0 Å². The number of rotatable bonds is 5. The third kappa shape index (κ3) is 6.34. The number of ether oxygens (including phenoxy) is 1. The van der Waals surface area contributed by atoms with Crippen LogP contribution in [0.3, 0.4) is 0 Å². The van der Waals surface area contributed by atoms with E-state index in [1.165, 1.54) is 0 Å². The number of hydrogen-bond donors (Lipinski definition) is 3. The van der Waals surface area contributed by atoms with Gasteiger partial charge in [0, 0.05) is 30.4 Å². The van der Waals surface area contributed by atoms with Crippen molar-refractivity contribution in [3.8, 4) is 5.75 Å². The van der Waals surface area contributed by atoms with Crippen molar-refractivity contribution in [2.24, 2.45) is 10.7 Å². The molecule has 1 saturated heterocycles. The predicted octanol–water partition coefficient (Wildman–Crippen LogP) is 1.81. The molecule has 0 unspecified atom stereocenters. The van der Waals surface area contributed by atoms with E-state index in [9.17, 15) is 9.59 Å². The summed E-state index contributed by atoms with van der Waals surface area (Å²) < 4.78 is 5.17. The average Bonchev–Trinajstić information content (AvgIpc) is 2.72. The van der Waals surface area contributed by atoms with Crippen LogP contribution in [0.15, 0.2) is 53.5 Å². The number of carbonyl (C=O) groups excluding carboxylic acids is 2. The van der Waals surface area contributed by atoms with Crippen LogP contribution < -0.4 is 21.1 Å². The van der Waals surface area contributed by atoms with Gasteiger partial charge >= 0.3 is 0 Å². The highest BCUT2D eigenvalue weighted by Crippen LogP contribution is 2.16. The molecule has 2 aromatic carbocycles. The Hall–Kier alpha value is -2.82. The summed E-state index contributed by atoms with van der Waals surface area (Å²) in [5, 5.41) is 5.72. The molecule has 4 N–H and O–H groups in total. The minimum absolute atomic E-state index is 0. The van der Waals surface area contributed by atoms with Crippen molar-refractivity contribution in [1.29, 1.82) is 0 Å². The minimum atomic E-state index is -0.149. The summed E-state index contributed by atoms with van der Waals surface area (Å²) in [5.41, 5.74) is 8.18. The smallest absolute Gasteiger partial charge is 0.254 e. The fourth-order valence-electron chi connectivity index (χ4n) is 2.81. The van der Waals surface area contributed by atoms with Crippen LogP contribution in [-0.4, -0.2) is 49.4 Å². The Morgan fingerprint density at radius 3 is 2.72 bits per heavy atom. The first-order valence-electron chi connectivity index (χ1n) is 8.91. The average molecular weight is 509 g/mol. The van der Waals surface area contributed by atoms with E-state index in [4.69, 9.17) is 10.5 Å². The summed E-state index contributed by atoms with van der Waals surface area (Å²) in [5.74, 6) is 0.727. The second-order valence-corrected chi connectivity index (χ2v) is 6.33. The van der Waals surface area contributed by atoms with Crippen molar-refractivity contribution in [2.45, 2.75) is 6.54 Å². The first-order valence-corrected chi connectivity index (χ1v) is 8.91. The molecule has 0 aliphatic carbocycles. The second-order valence-electron chi connectivity index (χ2n) is 6.33. The van der Waals surface area contributed by atoms with E-state index < -0.39 is 0 Å². The number of methoxy groups -OCH3 is 1. The van der Waals surface area contributed by atoms with Gasteiger partial charge in [-0.05, 0) is 29.8 Å². The van der Waals surface area contributed by atoms with E-state index in [0.717, 1.165) is 17.0 Å². The van der Waals surface area contributed by atoms with Crippen LogP contribution in [0.1, 0.15) is 15.9 Å². The Bertz CT molecular complexity index is 886. The lowest BCUT2D eigenvalue weighted by atomic mass is 10.1. The summed E-state index contributed by atoms with van der Waals surface area (Å²) in [7, 11) is 1.60. The van der Waals surface area contributed by atoms with Crippen LogP contribution >= 0.6 is 24.0 Å². The molecule has 1 heterocycles. The van der Waals surface area contributed by atoms with Gasteiger partial charge in [-0.2, -0.15) is 0 Å². The molecule has 154 valence electrons. The second kappa shape index (κ2) is 10.6. The molecule has 2 amide bonds. The zero-order valence-electron chi connectivity index (χ0n) is 16.1. The molecule has 0 bridgehead atoms. The number of piperazine rings is 1. The van der Waals surface area contributed by atoms with Crippen LogP contribution in [0.2, 0.25) is 0 Å². The van der Waals surface area contributed by atoms with Crippen LogP contribution in [-0.2, 0) is 11.3 Å². The van der Waals surface area contributed by atoms with E-state index in [-0.39, 0.29) is 48.3 Å². The van der Waals surface area contributed by atoms with E-state index in [1.807, 2.05) is 36.4 Å². The Labute approximate surface area is 186 Å². The topological polar surface area (TPSA) is 109 Å². The molecule has 3 rings (SSSR count). The number of amides is 2. The van der Waals surface area contributed by atoms with Gasteiger partial charge in [-0.1, -0.05) is 18.2 Å². The van der Waals surface area contributed by atoms with Gasteiger partial charge in [-0.3, -0.25) is 9.59 Å². The van der Waals surface area contributed by atoms with Gasteiger partial charge in [0.25, 0.3) is 5.91 Å². The first-order chi connectivity index (χ1) is 13.5. The Balaban J connectivity index is 0.00000300. The van der Waals surface area contributed by atoms with E-state index in [1.54, 1.807) is 24.1 Å². The molecular formula is C20H24IN5O3. The lowest BCUT2D eigenvalue weighted by Crippen LogP contribution is -2.49. The number of hydrogen-bond acceptors (Lipinski definition) is 4. The van der Waals surface area contributed by atoms with Gasteiger partial charge in [0.05, 0.1) is 20.2 Å². The van der Waals surface area contributed by atoms with Gasteiger partial charge in [0.2, 0.25) is 5.91 Å². The normalized spacial score (nSPS) is 13.9.